The molecule has 2 N–H and O–H groups in total. The van der Waals surface area contributed by atoms with Crippen molar-refractivity contribution in [2.45, 2.75) is 18.5 Å². The predicted octanol–water partition coefficient (Wildman–Crippen LogP) is 1.04. The van der Waals surface area contributed by atoms with Crippen molar-refractivity contribution in [3.8, 4) is 0 Å². The number of hydrogen-bond acceptors (Lipinski definition) is 4. The summed E-state index contributed by atoms with van der Waals surface area (Å²) in [6, 6.07) is 6.69. The number of benzene rings is 1. The van der Waals surface area contributed by atoms with Gasteiger partial charge in [0, 0.05) is 36.1 Å². The minimum absolute atomic E-state index is 0.0345. The van der Waals surface area contributed by atoms with Crippen LogP contribution in [0.5, 0.6) is 0 Å². The lowest BCUT2D eigenvalue weighted by molar-refractivity contribution is -0.117. The SMILES string of the molecule is CNC1C(=O)Nc2cc(N3CCC(N(C)C)C3)ccc21. The van der Waals surface area contributed by atoms with Gasteiger partial charge in [-0.2, -0.15) is 0 Å². The number of nitrogens with one attached hydrogen (secondary N) is 2. The molecular weight excluding hydrogens is 252 g/mol. The first kappa shape index (κ1) is 13.4. The Morgan fingerprint density at radius 2 is 2.20 bits per heavy atom. The monoisotopic (exact) mass is 274 g/mol. The summed E-state index contributed by atoms with van der Waals surface area (Å²) in [6.07, 6.45) is 1.19. The largest absolute Gasteiger partial charge is 0.370 e. The molecule has 20 heavy (non-hydrogen) atoms. The molecule has 0 spiro atoms. The lowest BCUT2D eigenvalue weighted by Gasteiger charge is -2.22. The molecule has 0 aliphatic carbocycles. The van der Waals surface area contributed by atoms with E-state index in [1.54, 1.807) is 0 Å². The van der Waals surface area contributed by atoms with Gasteiger partial charge in [0.1, 0.15) is 6.04 Å². The van der Waals surface area contributed by atoms with Crippen molar-refractivity contribution in [1.82, 2.24) is 10.2 Å². The number of nitrogens with zero attached hydrogens (tertiary/aromatic N) is 2. The van der Waals surface area contributed by atoms with Crippen molar-refractivity contribution in [2.75, 3.05) is 44.4 Å². The maximum absolute atomic E-state index is 11.8. The van der Waals surface area contributed by atoms with E-state index in [9.17, 15) is 4.79 Å². The van der Waals surface area contributed by atoms with Gasteiger partial charge in [-0.25, -0.2) is 0 Å². The van der Waals surface area contributed by atoms with Crippen LogP contribution < -0.4 is 15.5 Å². The van der Waals surface area contributed by atoms with Crippen molar-refractivity contribution in [2.24, 2.45) is 0 Å². The highest BCUT2D eigenvalue weighted by atomic mass is 16.2. The second-order valence-corrected chi connectivity index (χ2v) is 5.83. The van der Waals surface area contributed by atoms with Crippen molar-refractivity contribution in [3.05, 3.63) is 23.8 Å². The van der Waals surface area contributed by atoms with Crippen molar-refractivity contribution < 1.29 is 4.79 Å². The van der Waals surface area contributed by atoms with Gasteiger partial charge in [-0.05, 0) is 39.7 Å². The molecule has 2 aliphatic heterocycles. The molecule has 1 fully saturated rings. The molecule has 1 saturated heterocycles. The average molecular weight is 274 g/mol. The highest BCUT2D eigenvalue weighted by molar-refractivity contribution is 6.03. The molecule has 0 saturated carbocycles. The number of hydrogen-bond donors (Lipinski definition) is 2. The van der Waals surface area contributed by atoms with Crippen LogP contribution in [0, 0.1) is 0 Å². The molecule has 0 bridgehead atoms. The van der Waals surface area contributed by atoms with Crippen LogP contribution in [0.2, 0.25) is 0 Å². The van der Waals surface area contributed by atoms with Crippen LogP contribution >= 0.6 is 0 Å². The van der Waals surface area contributed by atoms with Gasteiger partial charge in [-0.1, -0.05) is 6.07 Å². The number of anilines is 2. The van der Waals surface area contributed by atoms with E-state index in [1.807, 2.05) is 7.05 Å². The molecule has 5 nitrogen and oxygen atoms in total. The molecule has 2 heterocycles. The van der Waals surface area contributed by atoms with E-state index in [1.165, 1.54) is 12.1 Å². The molecule has 108 valence electrons. The summed E-state index contributed by atoms with van der Waals surface area (Å²) in [4.78, 5) is 16.5. The van der Waals surface area contributed by atoms with Gasteiger partial charge in [0.05, 0.1) is 0 Å². The molecule has 2 aliphatic rings. The third kappa shape index (κ3) is 2.17. The van der Waals surface area contributed by atoms with Crippen LogP contribution in [-0.2, 0) is 4.79 Å². The summed E-state index contributed by atoms with van der Waals surface area (Å²) in [5.74, 6) is 0.0345. The third-order valence-corrected chi connectivity index (χ3v) is 4.42. The molecule has 2 atom stereocenters. The molecule has 1 aromatic carbocycles. The zero-order valence-electron chi connectivity index (χ0n) is 12.3. The second-order valence-electron chi connectivity index (χ2n) is 5.83. The number of carbonyl (C=O) groups excluding carboxylic acids is 1. The lowest BCUT2D eigenvalue weighted by Crippen LogP contribution is -2.31. The number of rotatable bonds is 3. The van der Waals surface area contributed by atoms with Gasteiger partial charge >= 0.3 is 0 Å². The van der Waals surface area contributed by atoms with E-state index in [0.29, 0.717) is 6.04 Å². The highest BCUT2D eigenvalue weighted by Gasteiger charge is 2.30. The number of carbonyl (C=O) groups is 1. The summed E-state index contributed by atoms with van der Waals surface area (Å²) in [7, 11) is 6.08. The first-order chi connectivity index (χ1) is 9.60. The minimum atomic E-state index is -0.216. The van der Waals surface area contributed by atoms with E-state index in [4.69, 9.17) is 0 Å². The smallest absolute Gasteiger partial charge is 0.246 e. The Hall–Kier alpha value is -1.59. The number of fused-ring (bicyclic) bond motifs is 1. The second kappa shape index (κ2) is 5.07. The Morgan fingerprint density at radius 1 is 1.40 bits per heavy atom. The van der Waals surface area contributed by atoms with Gasteiger partial charge in [-0.3, -0.25) is 4.79 Å². The van der Waals surface area contributed by atoms with E-state index in [-0.39, 0.29) is 11.9 Å². The van der Waals surface area contributed by atoms with Crippen LogP contribution in [0.1, 0.15) is 18.0 Å². The Bertz CT molecular complexity index is 529. The molecule has 1 amide bonds. The summed E-state index contributed by atoms with van der Waals surface area (Å²) in [6.45, 7) is 2.13. The first-order valence-electron chi connectivity index (χ1n) is 7.13. The van der Waals surface area contributed by atoms with E-state index >= 15 is 0 Å². The van der Waals surface area contributed by atoms with E-state index in [2.05, 4.69) is 52.7 Å². The Labute approximate surface area is 119 Å². The predicted molar refractivity (Wildman–Crippen MR) is 81.2 cm³/mol. The van der Waals surface area contributed by atoms with Gasteiger partial charge in [0.2, 0.25) is 5.91 Å². The Morgan fingerprint density at radius 3 is 2.85 bits per heavy atom. The molecule has 0 aromatic heterocycles. The van der Waals surface area contributed by atoms with E-state index in [0.717, 1.165) is 24.3 Å². The summed E-state index contributed by atoms with van der Waals surface area (Å²) in [5, 5.41) is 6.01. The summed E-state index contributed by atoms with van der Waals surface area (Å²) >= 11 is 0. The minimum Gasteiger partial charge on any atom is -0.370 e. The fraction of sp³-hybridized carbons (Fsp3) is 0.533. The van der Waals surface area contributed by atoms with Gasteiger partial charge in [0.15, 0.2) is 0 Å². The highest BCUT2D eigenvalue weighted by Crippen LogP contribution is 2.34. The van der Waals surface area contributed by atoms with Crippen LogP contribution in [0.25, 0.3) is 0 Å². The fourth-order valence-electron chi connectivity index (χ4n) is 3.13. The summed E-state index contributed by atoms with van der Waals surface area (Å²) < 4.78 is 0. The van der Waals surface area contributed by atoms with Gasteiger partial charge in [0.25, 0.3) is 0 Å². The third-order valence-electron chi connectivity index (χ3n) is 4.42. The maximum Gasteiger partial charge on any atom is 0.246 e. The van der Waals surface area contributed by atoms with Crippen LogP contribution in [-0.4, -0.2) is 51.1 Å². The van der Waals surface area contributed by atoms with Gasteiger partial charge in [-0.15, -0.1) is 0 Å². The molecule has 0 radical (unpaired) electrons. The van der Waals surface area contributed by atoms with Gasteiger partial charge < -0.3 is 20.4 Å². The molecule has 5 heteroatoms. The molecule has 3 rings (SSSR count). The Kier molecular flexibility index (Phi) is 3.40. The standard InChI is InChI=1S/C15H22N4O/c1-16-14-12-5-4-10(8-13(12)17-15(14)20)19-7-6-11(9-19)18(2)3/h4-5,8,11,14,16H,6-7,9H2,1-3H3,(H,17,20). The molecular formula is C15H22N4O. The van der Waals surface area contributed by atoms with Crippen LogP contribution in [0.3, 0.4) is 0 Å². The van der Waals surface area contributed by atoms with Crippen LogP contribution in [0.15, 0.2) is 18.2 Å². The zero-order chi connectivity index (χ0) is 14.3. The maximum atomic E-state index is 11.8. The Balaban J connectivity index is 1.81. The topological polar surface area (TPSA) is 47.6 Å². The van der Waals surface area contributed by atoms with Crippen molar-refractivity contribution in [1.29, 1.82) is 0 Å². The van der Waals surface area contributed by atoms with Crippen molar-refractivity contribution in [3.63, 3.8) is 0 Å². The molecule has 2 unspecified atom stereocenters. The van der Waals surface area contributed by atoms with Crippen LogP contribution in [0.4, 0.5) is 11.4 Å². The summed E-state index contributed by atoms with van der Waals surface area (Å²) in [5.41, 5.74) is 3.19. The fourth-order valence-corrected chi connectivity index (χ4v) is 3.13. The normalized spacial score (nSPS) is 25.2. The quantitative estimate of drug-likeness (QED) is 0.864. The van der Waals surface area contributed by atoms with Crippen molar-refractivity contribution >= 4 is 17.3 Å². The number of amides is 1. The first-order valence-corrected chi connectivity index (χ1v) is 7.13. The lowest BCUT2D eigenvalue weighted by atomic mass is 10.1. The number of likely N-dealkylation sites (N-methyl/N-ethyl adjacent to an activating group) is 2. The molecule has 1 aromatic rings. The van der Waals surface area contributed by atoms with E-state index < -0.39 is 0 Å². The average Bonchev–Trinajstić information content (AvgIpc) is 3.00. The zero-order valence-corrected chi connectivity index (χ0v) is 12.3.